The Hall–Kier alpha value is -1.99. The van der Waals surface area contributed by atoms with E-state index in [0.29, 0.717) is 23.5 Å². The summed E-state index contributed by atoms with van der Waals surface area (Å²) in [5.41, 5.74) is 1.70. The highest BCUT2D eigenvalue weighted by Gasteiger charge is 2.19. The van der Waals surface area contributed by atoms with Gasteiger partial charge in [0.15, 0.2) is 0 Å². The van der Waals surface area contributed by atoms with Crippen molar-refractivity contribution in [3.63, 3.8) is 0 Å². The van der Waals surface area contributed by atoms with E-state index in [-0.39, 0.29) is 4.90 Å². The number of halogens is 1. The first kappa shape index (κ1) is 15.4. The molecule has 0 fully saturated rings. The summed E-state index contributed by atoms with van der Waals surface area (Å²) in [6, 6.07) is 7.11. The Balaban J connectivity index is 2.37. The number of nitrogens with one attached hydrogen (secondary N) is 2. The molecule has 0 unspecified atom stereocenters. The summed E-state index contributed by atoms with van der Waals surface area (Å²) in [5, 5.41) is 2.89. The minimum Gasteiger partial charge on any atom is -0.316 e. The van der Waals surface area contributed by atoms with Gasteiger partial charge in [-0.25, -0.2) is 12.8 Å². The van der Waals surface area contributed by atoms with Gasteiger partial charge in [0, 0.05) is 18.4 Å². The van der Waals surface area contributed by atoms with E-state index >= 15 is 0 Å². The van der Waals surface area contributed by atoms with Crippen LogP contribution < -0.4 is 10.0 Å². The third-order valence-electron chi connectivity index (χ3n) is 2.81. The van der Waals surface area contributed by atoms with Crippen LogP contribution in [0.1, 0.15) is 11.3 Å². The maximum Gasteiger partial charge on any atom is 0.264 e. The van der Waals surface area contributed by atoms with Gasteiger partial charge in [0.25, 0.3) is 10.0 Å². The zero-order chi connectivity index (χ0) is 15.5. The van der Waals surface area contributed by atoms with Crippen LogP contribution >= 0.6 is 0 Å². The molecule has 2 N–H and O–H groups in total. The van der Waals surface area contributed by atoms with Crippen LogP contribution in [0.3, 0.4) is 0 Å². The minimum absolute atomic E-state index is 0.348. The molecular weight excluding hydrogens is 293 g/mol. The fourth-order valence-corrected chi connectivity index (χ4v) is 3.07. The molecule has 0 bridgehead atoms. The average Bonchev–Trinajstić information content (AvgIpc) is 2.40. The zero-order valence-electron chi connectivity index (χ0n) is 11.7. The van der Waals surface area contributed by atoms with E-state index in [1.165, 1.54) is 18.3 Å². The first-order valence-corrected chi connectivity index (χ1v) is 7.79. The normalized spacial score (nSPS) is 11.4. The molecule has 5 nitrogen and oxygen atoms in total. The second kappa shape index (κ2) is 6.19. The molecule has 0 aliphatic carbocycles. The zero-order valence-corrected chi connectivity index (χ0v) is 12.5. The topological polar surface area (TPSA) is 71.1 Å². The number of anilines is 1. The lowest BCUT2D eigenvalue weighted by Gasteiger charge is -2.10. The van der Waals surface area contributed by atoms with Crippen molar-refractivity contribution in [1.29, 1.82) is 0 Å². The number of aromatic nitrogens is 1. The quantitative estimate of drug-likeness (QED) is 0.887. The largest absolute Gasteiger partial charge is 0.316 e. The van der Waals surface area contributed by atoms with E-state index in [0.717, 1.165) is 6.07 Å². The molecule has 0 spiro atoms. The molecule has 2 aromatic rings. The molecule has 0 aliphatic heterocycles. The van der Waals surface area contributed by atoms with Gasteiger partial charge in [-0.1, -0.05) is 6.07 Å². The number of rotatable bonds is 5. The summed E-state index contributed by atoms with van der Waals surface area (Å²) in [6.45, 7) is 2.20. The highest BCUT2D eigenvalue weighted by Crippen LogP contribution is 2.20. The van der Waals surface area contributed by atoms with Crippen LogP contribution in [0.25, 0.3) is 0 Å². The van der Waals surface area contributed by atoms with Crippen molar-refractivity contribution in [3.05, 3.63) is 53.6 Å². The Morgan fingerprint density at radius 3 is 2.67 bits per heavy atom. The Morgan fingerprint density at radius 2 is 2.00 bits per heavy atom. The Bertz CT molecular complexity index is 748. The predicted molar refractivity (Wildman–Crippen MR) is 78.9 cm³/mol. The molecule has 0 saturated carbocycles. The van der Waals surface area contributed by atoms with Gasteiger partial charge < -0.3 is 5.32 Å². The average molecular weight is 309 g/mol. The van der Waals surface area contributed by atoms with Gasteiger partial charge in [-0.05, 0) is 43.8 Å². The molecule has 0 saturated heterocycles. The molecule has 1 aromatic heterocycles. The second-order valence-electron chi connectivity index (χ2n) is 4.59. The molecule has 1 aromatic carbocycles. The monoisotopic (exact) mass is 309 g/mol. The van der Waals surface area contributed by atoms with Gasteiger partial charge in [0.05, 0.1) is 5.69 Å². The molecule has 112 valence electrons. The summed E-state index contributed by atoms with van der Waals surface area (Å²) < 4.78 is 40.8. The van der Waals surface area contributed by atoms with Gasteiger partial charge in [0.1, 0.15) is 10.7 Å². The van der Waals surface area contributed by atoms with Gasteiger partial charge in [-0.15, -0.1) is 0 Å². The van der Waals surface area contributed by atoms with Gasteiger partial charge >= 0.3 is 0 Å². The SMILES string of the molecule is CNCc1ccc(F)c(S(=O)(=O)Nc2ccnc(C)c2)c1. The number of hydrogen-bond donors (Lipinski definition) is 2. The molecule has 21 heavy (non-hydrogen) atoms. The summed E-state index contributed by atoms with van der Waals surface area (Å²) in [7, 11) is -2.25. The maximum atomic E-state index is 13.8. The van der Waals surface area contributed by atoms with Crippen LogP contribution in [0.2, 0.25) is 0 Å². The first-order valence-electron chi connectivity index (χ1n) is 6.31. The first-order chi connectivity index (χ1) is 9.92. The third kappa shape index (κ3) is 3.77. The van der Waals surface area contributed by atoms with E-state index in [9.17, 15) is 12.8 Å². The van der Waals surface area contributed by atoms with Gasteiger partial charge in [-0.3, -0.25) is 9.71 Å². The van der Waals surface area contributed by atoms with E-state index in [4.69, 9.17) is 0 Å². The molecule has 7 heteroatoms. The number of nitrogens with zero attached hydrogens (tertiary/aromatic N) is 1. The van der Waals surface area contributed by atoms with Crippen LogP contribution in [-0.4, -0.2) is 20.4 Å². The van der Waals surface area contributed by atoms with Crippen LogP contribution in [0.15, 0.2) is 41.4 Å². The number of hydrogen-bond acceptors (Lipinski definition) is 4. The lowest BCUT2D eigenvalue weighted by molar-refractivity contribution is 0.569. The van der Waals surface area contributed by atoms with Gasteiger partial charge in [-0.2, -0.15) is 0 Å². The molecule has 2 rings (SSSR count). The van der Waals surface area contributed by atoms with Crippen molar-refractivity contribution in [2.45, 2.75) is 18.4 Å². The molecule has 0 aliphatic rings. The van der Waals surface area contributed by atoms with E-state index in [1.54, 1.807) is 26.1 Å². The highest BCUT2D eigenvalue weighted by molar-refractivity contribution is 7.92. The van der Waals surface area contributed by atoms with Gasteiger partial charge in [0.2, 0.25) is 0 Å². The van der Waals surface area contributed by atoms with Crippen molar-refractivity contribution in [2.24, 2.45) is 0 Å². The molecule has 1 heterocycles. The highest BCUT2D eigenvalue weighted by atomic mass is 32.2. The number of sulfonamides is 1. The smallest absolute Gasteiger partial charge is 0.264 e. The van der Waals surface area contributed by atoms with E-state index < -0.39 is 15.8 Å². The van der Waals surface area contributed by atoms with Crippen LogP contribution in [0.4, 0.5) is 10.1 Å². The Morgan fingerprint density at radius 1 is 1.24 bits per heavy atom. The second-order valence-corrected chi connectivity index (χ2v) is 6.24. The Kier molecular flexibility index (Phi) is 4.54. The lowest BCUT2D eigenvalue weighted by Crippen LogP contribution is -2.16. The summed E-state index contributed by atoms with van der Waals surface area (Å²) >= 11 is 0. The standard InChI is InChI=1S/C14H16FN3O2S/c1-10-7-12(5-6-17-10)18-21(19,20)14-8-11(9-16-2)3-4-13(14)15/h3-8,16H,9H2,1-2H3,(H,17,18). The maximum absolute atomic E-state index is 13.8. The summed E-state index contributed by atoms with van der Waals surface area (Å²) in [6.07, 6.45) is 1.49. The third-order valence-corrected chi connectivity index (χ3v) is 4.21. The minimum atomic E-state index is -3.98. The predicted octanol–water partition coefficient (Wildman–Crippen LogP) is 2.05. The number of aryl methyl sites for hydroxylation is 1. The van der Waals surface area contributed by atoms with Crippen molar-refractivity contribution in [1.82, 2.24) is 10.3 Å². The van der Waals surface area contributed by atoms with Crippen LogP contribution in [0.5, 0.6) is 0 Å². The lowest BCUT2D eigenvalue weighted by atomic mass is 10.2. The van der Waals surface area contributed by atoms with Crippen molar-refractivity contribution >= 4 is 15.7 Å². The Labute approximate surface area is 123 Å². The van der Waals surface area contributed by atoms with Crippen LogP contribution in [0, 0.1) is 12.7 Å². The number of pyridine rings is 1. The van der Waals surface area contributed by atoms with E-state index in [2.05, 4.69) is 15.0 Å². The van der Waals surface area contributed by atoms with Crippen LogP contribution in [-0.2, 0) is 16.6 Å². The molecular formula is C14H16FN3O2S. The van der Waals surface area contributed by atoms with Crippen molar-refractivity contribution in [3.8, 4) is 0 Å². The fourth-order valence-electron chi connectivity index (χ4n) is 1.89. The summed E-state index contributed by atoms with van der Waals surface area (Å²) in [4.78, 5) is 3.61. The molecule has 0 atom stereocenters. The van der Waals surface area contributed by atoms with Crippen molar-refractivity contribution < 1.29 is 12.8 Å². The van der Waals surface area contributed by atoms with Crippen molar-refractivity contribution in [2.75, 3.05) is 11.8 Å². The fraction of sp³-hybridized carbons (Fsp3) is 0.214. The number of benzene rings is 1. The molecule has 0 radical (unpaired) electrons. The molecule has 0 amide bonds. The van der Waals surface area contributed by atoms with E-state index in [1.807, 2.05) is 0 Å². The summed E-state index contributed by atoms with van der Waals surface area (Å²) in [5.74, 6) is -0.784.